The highest BCUT2D eigenvalue weighted by atomic mass is 16.4. The molecule has 1 fully saturated rings. The highest BCUT2D eigenvalue weighted by Crippen LogP contribution is 2.25. The van der Waals surface area contributed by atoms with Gasteiger partial charge in [-0.25, -0.2) is 4.79 Å². The molecule has 1 saturated carbocycles. The van der Waals surface area contributed by atoms with Gasteiger partial charge in [0.25, 0.3) is 0 Å². The minimum Gasteiger partial charge on any atom is -0.481 e. The van der Waals surface area contributed by atoms with Crippen molar-refractivity contribution in [2.24, 2.45) is 5.92 Å². The van der Waals surface area contributed by atoms with Gasteiger partial charge in [0.15, 0.2) is 0 Å². The molecule has 3 N–H and O–H groups in total. The summed E-state index contributed by atoms with van der Waals surface area (Å²) in [6.07, 6.45) is 6.67. The number of rotatable bonds is 5. The van der Waals surface area contributed by atoms with Crippen LogP contribution in [0.4, 0.5) is 4.79 Å². The number of aliphatic carboxylic acids is 1. The van der Waals surface area contributed by atoms with Crippen LogP contribution < -0.4 is 10.6 Å². The average molecular weight is 240 g/mol. The van der Waals surface area contributed by atoms with Gasteiger partial charge in [-0.3, -0.25) is 4.79 Å². The molecule has 0 radical (unpaired) electrons. The van der Waals surface area contributed by atoms with E-state index in [1.807, 2.05) is 19.1 Å². The second-order valence-electron chi connectivity index (χ2n) is 4.30. The zero-order chi connectivity index (χ0) is 12.7. The number of hydrogen-bond donors (Lipinski definition) is 3. The summed E-state index contributed by atoms with van der Waals surface area (Å²) in [6, 6.07) is -0.205. The van der Waals surface area contributed by atoms with Crippen molar-refractivity contribution in [3.8, 4) is 0 Å². The number of carbonyl (C=O) groups excluding carboxylic acids is 1. The maximum Gasteiger partial charge on any atom is 0.315 e. The van der Waals surface area contributed by atoms with E-state index in [9.17, 15) is 9.59 Å². The van der Waals surface area contributed by atoms with Gasteiger partial charge in [-0.15, -0.1) is 0 Å². The highest BCUT2D eigenvalue weighted by molar-refractivity contribution is 5.75. The summed E-state index contributed by atoms with van der Waals surface area (Å²) in [5.74, 6) is -1.06. The van der Waals surface area contributed by atoms with Crippen molar-refractivity contribution in [1.82, 2.24) is 10.6 Å². The molecule has 0 spiro atoms. The Morgan fingerprint density at radius 1 is 1.41 bits per heavy atom. The minimum atomic E-state index is -0.761. The first-order chi connectivity index (χ1) is 8.13. The van der Waals surface area contributed by atoms with E-state index in [0.29, 0.717) is 19.4 Å². The normalized spacial score (nSPS) is 23.8. The smallest absolute Gasteiger partial charge is 0.315 e. The fourth-order valence-electron chi connectivity index (χ4n) is 2.01. The summed E-state index contributed by atoms with van der Waals surface area (Å²) in [5.41, 5.74) is 0. The van der Waals surface area contributed by atoms with Crippen molar-refractivity contribution in [2.75, 3.05) is 6.54 Å². The number of amides is 2. The monoisotopic (exact) mass is 240 g/mol. The number of carbonyl (C=O) groups is 2. The van der Waals surface area contributed by atoms with Gasteiger partial charge in [-0.1, -0.05) is 12.2 Å². The Balaban J connectivity index is 2.17. The van der Waals surface area contributed by atoms with E-state index in [1.165, 1.54) is 0 Å². The maximum absolute atomic E-state index is 11.4. The molecule has 0 aromatic carbocycles. The summed E-state index contributed by atoms with van der Waals surface area (Å²) in [4.78, 5) is 22.2. The Morgan fingerprint density at radius 2 is 2.18 bits per heavy atom. The maximum atomic E-state index is 11.4. The van der Waals surface area contributed by atoms with Gasteiger partial charge < -0.3 is 15.7 Å². The molecule has 2 amide bonds. The molecule has 1 aliphatic rings. The summed E-state index contributed by atoms with van der Waals surface area (Å²) >= 11 is 0. The molecule has 0 aromatic rings. The van der Waals surface area contributed by atoms with Gasteiger partial charge in [0, 0.05) is 12.6 Å². The number of nitrogens with one attached hydrogen (secondary N) is 2. The molecule has 0 aromatic heterocycles. The minimum absolute atomic E-state index is 0.00202. The topological polar surface area (TPSA) is 78.4 Å². The number of allylic oxidation sites excluding steroid dienone is 1. The Labute approximate surface area is 101 Å². The molecular formula is C12H20N2O3. The van der Waals surface area contributed by atoms with Crippen LogP contribution in [0.3, 0.4) is 0 Å². The lowest BCUT2D eigenvalue weighted by Gasteiger charge is -2.12. The van der Waals surface area contributed by atoms with Gasteiger partial charge in [-0.2, -0.15) is 0 Å². The summed E-state index contributed by atoms with van der Waals surface area (Å²) in [6.45, 7) is 2.54. The van der Waals surface area contributed by atoms with Crippen LogP contribution >= 0.6 is 0 Å². The lowest BCUT2D eigenvalue weighted by Crippen LogP contribution is -2.41. The third-order valence-electron chi connectivity index (χ3n) is 2.95. The number of carboxylic acid groups (broad SMARTS) is 1. The van der Waals surface area contributed by atoms with E-state index in [-0.39, 0.29) is 18.0 Å². The van der Waals surface area contributed by atoms with Crippen LogP contribution in [-0.2, 0) is 4.79 Å². The Bertz CT molecular complexity index is 302. The first-order valence-corrected chi connectivity index (χ1v) is 6.01. The van der Waals surface area contributed by atoms with Crippen LogP contribution in [0.5, 0.6) is 0 Å². The molecule has 1 rings (SSSR count). The first kappa shape index (κ1) is 13.5. The molecule has 0 bridgehead atoms. The molecule has 96 valence electrons. The second kappa shape index (κ2) is 6.93. The van der Waals surface area contributed by atoms with Gasteiger partial charge in [-0.05, 0) is 32.6 Å². The quantitative estimate of drug-likeness (QED) is 0.503. The number of carboxylic acids is 1. The average Bonchev–Trinajstić information content (AvgIpc) is 2.73. The second-order valence-corrected chi connectivity index (χ2v) is 4.30. The van der Waals surface area contributed by atoms with E-state index in [2.05, 4.69) is 10.6 Å². The molecule has 0 aliphatic heterocycles. The standard InChI is InChI=1S/C12H20N2O3/c1-2-3-4-7-13-12(17)14-10-6-5-9(8-10)11(15)16/h2-3,9-10H,4-8H2,1H3,(H,15,16)(H2,13,14,17)/b3-2+/t9-,10+/m1/s1. The van der Waals surface area contributed by atoms with Crippen LogP contribution in [-0.4, -0.2) is 29.7 Å². The lowest BCUT2D eigenvalue weighted by atomic mass is 10.1. The van der Waals surface area contributed by atoms with E-state index in [1.54, 1.807) is 0 Å². The zero-order valence-corrected chi connectivity index (χ0v) is 10.1. The molecule has 0 unspecified atom stereocenters. The van der Waals surface area contributed by atoms with Crippen LogP contribution in [0.2, 0.25) is 0 Å². The Morgan fingerprint density at radius 3 is 2.76 bits per heavy atom. The SMILES string of the molecule is C/C=C/CCNC(=O)N[C@H]1CC[C@@H](C(=O)O)C1. The van der Waals surface area contributed by atoms with Crippen molar-refractivity contribution in [3.05, 3.63) is 12.2 Å². The third-order valence-corrected chi connectivity index (χ3v) is 2.95. The summed E-state index contributed by atoms with van der Waals surface area (Å²) < 4.78 is 0. The predicted molar refractivity (Wildman–Crippen MR) is 64.7 cm³/mol. The Hall–Kier alpha value is -1.52. The van der Waals surface area contributed by atoms with Crippen molar-refractivity contribution in [1.29, 1.82) is 0 Å². The Kier molecular flexibility index (Phi) is 5.52. The van der Waals surface area contributed by atoms with Crippen LogP contribution in [0, 0.1) is 5.92 Å². The molecule has 17 heavy (non-hydrogen) atoms. The summed E-state index contributed by atoms with van der Waals surface area (Å²) in [7, 11) is 0. The molecule has 5 nitrogen and oxygen atoms in total. The lowest BCUT2D eigenvalue weighted by molar-refractivity contribution is -0.141. The molecule has 2 atom stereocenters. The summed E-state index contributed by atoms with van der Waals surface area (Å²) in [5, 5.41) is 14.4. The largest absolute Gasteiger partial charge is 0.481 e. The predicted octanol–water partition coefficient (Wildman–Crippen LogP) is 1.51. The van der Waals surface area contributed by atoms with Gasteiger partial charge in [0.1, 0.15) is 0 Å². The van der Waals surface area contributed by atoms with Crippen molar-refractivity contribution in [2.45, 2.75) is 38.6 Å². The number of urea groups is 1. The van der Waals surface area contributed by atoms with E-state index in [0.717, 1.165) is 12.8 Å². The fourth-order valence-corrected chi connectivity index (χ4v) is 2.01. The number of hydrogen-bond acceptors (Lipinski definition) is 2. The zero-order valence-electron chi connectivity index (χ0n) is 10.1. The third kappa shape index (κ3) is 4.89. The van der Waals surface area contributed by atoms with Crippen LogP contribution in [0.15, 0.2) is 12.2 Å². The fraction of sp³-hybridized carbons (Fsp3) is 0.667. The van der Waals surface area contributed by atoms with Crippen LogP contribution in [0.1, 0.15) is 32.6 Å². The molecule has 1 aliphatic carbocycles. The first-order valence-electron chi connectivity index (χ1n) is 6.01. The van der Waals surface area contributed by atoms with E-state index < -0.39 is 5.97 Å². The molecular weight excluding hydrogens is 220 g/mol. The van der Waals surface area contributed by atoms with Gasteiger partial charge >= 0.3 is 12.0 Å². The van der Waals surface area contributed by atoms with E-state index in [4.69, 9.17) is 5.11 Å². The van der Waals surface area contributed by atoms with Gasteiger partial charge in [0.05, 0.1) is 5.92 Å². The molecule has 0 heterocycles. The van der Waals surface area contributed by atoms with Crippen LogP contribution in [0.25, 0.3) is 0 Å². The van der Waals surface area contributed by atoms with Gasteiger partial charge in [0.2, 0.25) is 0 Å². The highest BCUT2D eigenvalue weighted by Gasteiger charge is 2.30. The van der Waals surface area contributed by atoms with E-state index >= 15 is 0 Å². The molecule has 5 heteroatoms. The van der Waals surface area contributed by atoms with Crippen molar-refractivity contribution in [3.63, 3.8) is 0 Å². The molecule has 0 saturated heterocycles. The van der Waals surface area contributed by atoms with Crippen molar-refractivity contribution >= 4 is 12.0 Å². The van der Waals surface area contributed by atoms with Crippen molar-refractivity contribution < 1.29 is 14.7 Å².